The number of nitrogens with one attached hydrogen (secondary N) is 2. The Hall–Kier alpha value is -1.79. The lowest BCUT2D eigenvalue weighted by molar-refractivity contribution is -0.142. The molecule has 2 rings (SSSR count). The molecule has 3 N–H and O–H groups in total. The van der Waals surface area contributed by atoms with Gasteiger partial charge in [-0.05, 0) is 46.0 Å². The number of likely N-dealkylation sites (tertiary alicyclic amines) is 1. The lowest BCUT2D eigenvalue weighted by Gasteiger charge is -2.27. The van der Waals surface area contributed by atoms with Gasteiger partial charge in [0.1, 0.15) is 6.04 Å². The van der Waals surface area contributed by atoms with E-state index in [0.29, 0.717) is 38.6 Å². The summed E-state index contributed by atoms with van der Waals surface area (Å²) in [5.41, 5.74) is 0. The Kier molecular flexibility index (Phi) is 5.26. The zero-order valence-corrected chi connectivity index (χ0v) is 13.2. The molecule has 2 fully saturated rings. The van der Waals surface area contributed by atoms with Gasteiger partial charge >= 0.3 is 12.0 Å². The molecule has 1 saturated carbocycles. The van der Waals surface area contributed by atoms with Gasteiger partial charge in [0.2, 0.25) is 5.91 Å². The molecule has 0 radical (unpaired) electrons. The second-order valence-electron chi connectivity index (χ2n) is 6.47. The third-order valence-electron chi connectivity index (χ3n) is 4.58. The molecule has 1 unspecified atom stereocenters. The summed E-state index contributed by atoms with van der Waals surface area (Å²) in [5.74, 6) is -1.08. The quantitative estimate of drug-likeness (QED) is 0.719. The van der Waals surface area contributed by atoms with Crippen LogP contribution in [0.2, 0.25) is 0 Å². The Morgan fingerprint density at radius 2 is 1.77 bits per heavy atom. The largest absolute Gasteiger partial charge is 0.481 e. The first kappa shape index (κ1) is 16.6. The van der Waals surface area contributed by atoms with Crippen molar-refractivity contribution in [3.63, 3.8) is 0 Å². The second-order valence-corrected chi connectivity index (χ2v) is 6.47. The Bertz CT molecular complexity index is 444. The van der Waals surface area contributed by atoms with Crippen molar-refractivity contribution in [3.8, 4) is 0 Å². The van der Waals surface area contributed by atoms with E-state index in [1.54, 1.807) is 4.90 Å². The van der Waals surface area contributed by atoms with Crippen LogP contribution in [0.5, 0.6) is 0 Å². The van der Waals surface area contributed by atoms with Gasteiger partial charge in [0, 0.05) is 18.6 Å². The highest BCUT2D eigenvalue weighted by Crippen LogP contribution is 2.24. The minimum Gasteiger partial charge on any atom is -0.481 e. The van der Waals surface area contributed by atoms with E-state index < -0.39 is 12.0 Å². The zero-order valence-electron chi connectivity index (χ0n) is 13.2. The van der Waals surface area contributed by atoms with Crippen LogP contribution < -0.4 is 10.6 Å². The molecule has 22 heavy (non-hydrogen) atoms. The van der Waals surface area contributed by atoms with Crippen molar-refractivity contribution in [1.29, 1.82) is 0 Å². The topological polar surface area (TPSA) is 98.7 Å². The molecule has 0 spiro atoms. The van der Waals surface area contributed by atoms with Crippen LogP contribution in [0.15, 0.2) is 0 Å². The van der Waals surface area contributed by atoms with E-state index in [2.05, 4.69) is 10.6 Å². The van der Waals surface area contributed by atoms with Crippen LogP contribution in [0.25, 0.3) is 0 Å². The van der Waals surface area contributed by atoms with Crippen molar-refractivity contribution in [2.24, 2.45) is 5.92 Å². The Labute approximate surface area is 130 Å². The minimum atomic E-state index is -0.756. The molecule has 1 aliphatic heterocycles. The molecule has 1 aliphatic carbocycles. The molecule has 0 aromatic heterocycles. The first-order chi connectivity index (χ1) is 10.4. The summed E-state index contributed by atoms with van der Waals surface area (Å²) in [6.45, 7) is 4.59. The Balaban J connectivity index is 1.75. The molecule has 7 heteroatoms. The number of carbonyl (C=O) groups is 3. The second kappa shape index (κ2) is 6.98. The summed E-state index contributed by atoms with van der Waals surface area (Å²) < 4.78 is 0. The molecular weight excluding hydrogens is 286 g/mol. The molecule has 124 valence electrons. The van der Waals surface area contributed by atoms with E-state index >= 15 is 0 Å². The van der Waals surface area contributed by atoms with E-state index in [9.17, 15) is 14.4 Å². The van der Waals surface area contributed by atoms with Gasteiger partial charge in [-0.25, -0.2) is 4.79 Å². The number of carboxylic acids is 1. The highest BCUT2D eigenvalue weighted by molar-refractivity contribution is 5.88. The molecule has 1 atom stereocenters. The van der Waals surface area contributed by atoms with Crippen LogP contribution in [0.3, 0.4) is 0 Å². The van der Waals surface area contributed by atoms with Crippen molar-refractivity contribution >= 4 is 17.9 Å². The number of hydrogen-bond donors (Lipinski definition) is 3. The van der Waals surface area contributed by atoms with Crippen LogP contribution in [0.4, 0.5) is 4.79 Å². The third-order valence-corrected chi connectivity index (χ3v) is 4.58. The van der Waals surface area contributed by atoms with E-state index in [-0.39, 0.29) is 29.9 Å². The number of carbonyl (C=O) groups excluding carboxylic acids is 2. The van der Waals surface area contributed by atoms with Crippen molar-refractivity contribution in [1.82, 2.24) is 15.5 Å². The summed E-state index contributed by atoms with van der Waals surface area (Å²) in [7, 11) is 0. The molecule has 0 aromatic rings. The molecule has 1 heterocycles. The molecule has 3 amide bonds. The Morgan fingerprint density at radius 3 is 2.27 bits per heavy atom. The number of nitrogens with zero attached hydrogens (tertiary/aromatic N) is 1. The number of carboxylic acid groups (broad SMARTS) is 1. The fourth-order valence-corrected chi connectivity index (χ4v) is 3.22. The number of urea groups is 1. The number of rotatable bonds is 4. The first-order valence-electron chi connectivity index (χ1n) is 7.98. The maximum Gasteiger partial charge on any atom is 0.315 e. The molecule has 7 nitrogen and oxygen atoms in total. The van der Waals surface area contributed by atoms with Gasteiger partial charge in [-0.2, -0.15) is 0 Å². The summed E-state index contributed by atoms with van der Waals surface area (Å²) in [4.78, 5) is 36.8. The van der Waals surface area contributed by atoms with Gasteiger partial charge in [-0.15, -0.1) is 0 Å². The first-order valence-corrected chi connectivity index (χ1v) is 7.98. The van der Waals surface area contributed by atoms with Gasteiger partial charge in [0.05, 0.1) is 5.92 Å². The minimum absolute atomic E-state index is 0.00620. The predicted molar refractivity (Wildman–Crippen MR) is 80.3 cm³/mol. The SMILES string of the molecule is CC(C)N1CCC(NC(=O)NC2CCC(C(=O)O)CC2)C1=O. The van der Waals surface area contributed by atoms with Gasteiger partial charge in [0.15, 0.2) is 0 Å². The van der Waals surface area contributed by atoms with Crippen molar-refractivity contribution in [2.45, 2.75) is 64.1 Å². The lowest BCUT2D eigenvalue weighted by atomic mass is 9.86. The fraction of sp³-hybridized carbons (Fsp3) is 0.800. The van der Waals surface area contributed by atoms with Gasteiger partial charge in [0.25, 0.3) is 0 Å². The van der Waals surface area contributed by atoms with E-state index in [0.717, 1.165) is 0 Å². The van der Waals surface area contributed by atoms with Crippen LogP contribution in [-0.2, 0) is 9.59 Å². The number of hydrogen-bond acceptors (Lipinski definition) is 3. The Morgan fingerprint density at radius 1 is 1.14 bits per heavy atom. The third kappa shape index (κ3) is 3.90. The molecular formula is C15H25N3O4. The van der Waals surface area contributed by atoms with Gasteiger partial charge < -0.3 is 20.6 Å². The van der Waals surface area contributed by atoms with E-state index in [1.165, 1.54) is 0 Å². The monoisotopic (exact) mass is 311 g/mol. The average Bonchev–Trinajstić information content (AvgIpc) is 2.80. The van der Waals surface area contributed by atoms with Crippen molar-refractivity contribution in [3.05, 3.63) is 0 Å². The van der Waals surface area contributed by atoms with Crippen LogP contribution in [0.1, 0.15) is 46.0 Å². The fourth-order valence-electron chi connectivity index (χ4n) is 3.22. The average molecular weight is 311 g/mol. The highest BCUT2D eigenvalue weighted by Gasteiger charge is 2.34. The number of aliphatic carboxylic acids is 1. The summed E-state index contributed by atoms with van der Waals surface area (Å²) in [6.07, 6.45) is 3.14. The van der Waals surface area contributed by atoms with Crippen LogP contribution in [-0.4, -0.2) is 52.6 Å². The van der Waals surface area contributed by atoms with E-state index in [1.807, 2.05) is 13.8 Å². The summed E-state index contributed by atoms with van der Waals surface area (Å²) in [5, 5.41) is 14.5. The summed E-state index contributed by atoms with van der Waals surface area (Å²) >= 11 is 0. The standard InChI is InChI=1S/C15H25N3O4/c1-9(2)18-8-7-12(13(18)19)17-15(22)16-11-5-3-10(4-6-11)14(20)21/h9-12H,3-8H2,1-2H3,(H,20,21)(H2,16,17,22). The van der Waals surface area contributed by atoms with Gasteiger partial charge in [-0.1, -0.05) is 0 Å². The number of amides is 3. The zero-order chi connectivity index (χ0) is 16.3. The molecule has 0 bridgehead atoms. The molecule has 0 aromatic carbocycles. The molecule has 2 aliphatic rings. The highest BCUT2D eigenvalue weighted by atomic mass is 16.4. The normalized spacial score (nSPS) is 28.8. The predicted octanol–water partition coefficient (Wildman–Crippen LogP) is 0.938. The van der Waals surface area contributed by atoms with Crippen LogP contribution >= 0.6 is 0 Å². The van der Waals surface area contributed by atoms with Crippen LogP contribution in [0, 0.1) is 5.92 Å². The van der Waals surface area contributed by atoms with E-state index in [4.69, 9.17) is 5.11 Å². The van der Waals surface area contributed by atoms with Crippen molar-refractivity contribution in [2.75, 3.05) is 6.54 Å². The maximum atomic E-state index is 12.1. The lowest BCUT2D eigenvalue weighted by Crippen LogP contribution is -2.50. The van der Waals surface area contributed by atoms with Crippen molar-refractivity contribution < 1.29 is 19.5 Å². The van der Waals surface area contributed by atoms with Gasteiger partial charge in [-0.3, -0.25) is 9.59 Å². The summed E-state index contributed by atoms with van der Waals surface area (Å²) in [6, 6.07) is -0.637. The smallest absolute Gasteiger partial charge is 0.315 e. The molecule has 1 saturated heterocycles. The maximum absolute atomic E-state index is 12.1.